The third kappa shape index (κ3) is 3.86. The van der Waals surface area contributed by atoms with E-state index in [1.54, 1.807) is 48.6 Å². The minimum atomic E-state index is -0.314. The first-order chi connectivity index (χ1) is 13.7. The van der Waals surface area contributed by atoms with Gasteiger partial charge in [-0.15, -0.1) is 0 Å². The van der Waals surface area contributed by atoms with E-state index in [4.69, 9.17) is 9.47 Å². The molecule has 0 unspecified atom stereocenters. The van der Waals surface area contributed by atoms with E-state index in [-0.39, 0.29) is 24.0 Å². The summed E-state index contributed by atoms with van der Waals surface area (Å²) in [4.78, 5) is 12.5. The van der Waals surface area contributed by atoms with Crippen LogP contribution in [0.4, 0.5) is 4.39 Å². The molecule has 0 aromatic heterocycles. The topological polar surface area (TPSA) is 35.5 Å². The second-order valence-corrected chi connectivity index (χ2v) is 6.27. The van der Waals surface area contributed by atoms with Crippen LogP contribution in [0.15, 0.2) is 90.7 Å². The molecule has 0 radical (unpaired) electrons. The van der Waals surface area contributed by atoms with E-state index in [1.807, 2.05) is 36.4 Å². The van der Waals surface area contributed by atoms with Gasteiger partial charge in [-0.25, -0.2) is 4.39 Å². The third-order valence-corrected chi connectivity index (χ3v) is 4.33. The monoisotopic (exact) mass is 372 g/mol. The molecule has 0 aliphatic carbocycles. The van der Waals surface area contributed by atoms with Crippen LogP contribution in [0.2, 0.25) is 0 Å². The third-order valence-electron chi connectivity index (χ3n) is 4.33. The average Bonchev–Trinajstić information content (AvgIpc) is 3.03. The van der Waals surface area contributed by atoms with Gasteiger partial charge >= 0.3 is 0 Å². The van der Waals surface area contributed by atoms with Crippen LogP contribution >= 0.6 is 0 Å². The first-order valence-electron chi connectivity index (χ1n) is 8.87. The fourth-order valence-electron chi connectivity index (χ4n) is 2.86. The van der Waals surface area contributed by atoms with Crippen LogP contribution in [-0.4, -0.2) is 5.78 Å². The number of ketones is 1. The molecule has 4 heteroatoms. The van der Waals surface area contributed by atoms with Crippen molar-refractivity contribution in [1.29, 1.82) is 0 Å². The average molecular weight is 372 g/mol. The Morgan fingerprint density at radius 3 is 2.57 bits per heavy atom. The standard InChI is InChI=1S/C24H17FO3/c25-21-11-5-4-10-18(21)16-27-19-13-14-20-23(15-19)28-22(24(20)26)12-6-9-17-7-2-1-3-8-17/h1-15H,16H2. The molecule has 4 rings (SSSR count). The molecule has 0 bridgehead atoms. The number of halogens is 1. The molecule has 0 saturated carbocycles. The molecule has 1 heterocycles. The van der Waals surface area contributed by atoms with E-state index in [0.717, 1.165) is 5.56 Å². The van der Waals surface area contributed by atoms with Crippen LogP contribution < -0.4 is 9.47 Å². The Morgan fingerprint density at radius 1 is 0.964 bits per heavy atom. The summed E-state index contributed by atoms with van der Waals surface area (Å²) in [5.74, 6) is 0.721. The number of fused-ring (bicyclic) bond motifs is 1. The number of carbonyl (C=O) groups excluding carboxylic acids is 1. The predicted octanol–water partition coefficient (Wildman–Crippen LogP) is 5.58. The zero-order chi connectivity index (χ0) is 19.3. The minimum absolute atomic E-state index is 0.0991. The molecule has 1 aliphatic heterocycles. The Bertz CT molecular complexity index is 1070. The van der Waals surface area contributed by atoms with Crippen molar-refractivity contribution in [2.24, 2.45) is 0 Å². The van der Waals surface area contributed by atoms with Crippen molar-refractivity contribution in [3.05, 3.63) is 113 Å². The van der Waals surface area contributed by atoms with E-state index in [9.17, 15) is 9.18 Å². The molecule has 28 heavy (non-hydrogen) atoms. The summed E-state index contributed by atoms with van der Waals surface area (Å²) in [5.41, 5.74) is 1.98. The van der Waals surface area contributed by atoms with Crippen LogP contribution in [-0.2, 0) is 6.61 Å². The highest BCUT2D eigenvalue weighted by atomic mass is 19.1. The summed E-state index contributed by atoms with van der Waals surface area (Å²) in [5, 5.41) is 0. The molecule has 138 valence electrons. The van der Waals surface area contributed by atoms with Gasteiger partial charge in [-0.1, -0.05) is 60.7 Å². The number of rotatable bonds is 5. The molecule has 3 aromatic carbocycles. The van der Waals surface area contributed by atoms with E-state index >= 15 is 0 Å². The molecule has 0 atom stereocenters. The van der Waals surface area contributed by atoms with Gasteiger partial charge in [-0.05, 0) is 29.8 Å². The minimum Gasteiger partial charge on any atom is -0.489 e. The maximum atomic E-state index is 13.7. The molecule has 1 aliphatic rings. The molecule has 0 spiro atoms. The van der Waals surface area contributed by atoms with Gasteiger partial charge in [0.15, 0.2) is 5.76 Å². The summed E-state index contributed by atoms with van der Waals surface area (Å²) >= 11 is 0. The number of ether oxygens (including phenoxy) is 2. The first-order valence-corrected chi connectivity index (χ1v) is 8.87. The number of hydrogen-bond acceptors (Lipinski definition) is 3. The lowest BCUT2D eigenvalue weighted by Crippen LogP contribution is -1.98. The van der Waals surface area contributed by atoms with Crippen molar-refractivity contribution < 1.29 is 18.7 Å². The molecule has 3 aromatic rings. The van der Waals surface area contributed by atoms with Crippen molar-refractivity contribution in [2.45, 2.75) is 6.61 Å². The molecular weight excluding hydrogens is 355 g/mol. The summed E-state index contributed by atoms with van der Waals surface area (Å²) in [6, 6.07) is 21.2. The van der Waals surface area contributed by atoms with Crippen molar-refractivity contribution in [1.82, 2.24) is 0 Å². The van der Waals surface area contributed by atoms with Gasteiger partial charge in [-0.3, -0.25) is 4.79 Å². The summed E-state index contributed by atoms with van der Waals surface area (Å²) in [6.07, 6.45) is 5.33. The molecule has 3 nitrogen and oxygen atoms in total. The van der Waals surface area contributed by atoms with Crippen molar-refractivity contribution >= 4 is 11.9 Å². The van der Waals surface area contributed by atoms with Crippen LogP contribution in [0, 0.1) is 5.82 Å². The summed E-state index contributed by atoms with van der Waals surface area (Å²) < 4.78 is 25.0. The highest BCUT2D eigenvalue weighted by Gasteiger charge is 2.27. The number of carbonyl (C=O) groups is 1. The maximum absolute atomic E-state index is 13.7. The zero-order valence-electron chi connectivity index (χ0n) is 15.0. The van der Waals surface area contributed by atoms with Crippen LogP contribution in [0.3, 0.4) is 0 Å². The summed E-state index contributed by atoms with van der Waals surface area (Å²) in [6.45, 7) is 0.0991. The highest BCUT2D eigenvalue weighted by Crippen LogP contribution is 2.34. The van der Waals surface area contributed by atoms with Crippen molar-refractivity contribution in [2.75, 3.05) is 0 Å². The lowest BCUT2D eigenvalue weighted by atomic mass is 10.1. The lowest BCUT2D eigenvalue weighted by molar-refractivity contribution is 0.101. The molecule has 0 amide bonds. The van der Waals surface area contributed by atoms with Crippen LogP contribution in [0.5, 0.6) is 11.5 Å². The number of hydrogen-bond donors (Lipinski definition) is 0. The highest BCUT2D eigenvalue weighted by molar-refractivity contribution is 6.12. The van der Waals surface area contributed by atoms with Gasteiger partial charge in [0.25, 0.3) is 0 Å². The van der Waals surface area contributed by atoms with Crippen molar-refractivity contribution in [3.8, 4) is 11.5 Å². The Kier molecular flexibility index (Phi) is 5.02. The van der Waals surface area contributed by atoms with Crippen molar-refractivity contribution in [3.63, 3.8) is 0 Å². The first kappa shape index (κ1) is 17.7. The van der Waals surface area contributed by atoms with E-state index in [1.165, 1.54) is 6.07 Å². The van der Waals surface area contributed by atoms with E-state index < -0.39 is 0 Å². The number of allylic oxidation sites excluding steroid dienone is 3. The van der Waals surface area contributed by atoms with Gasteiger partial charge in [0, 0.05) is 11.6 Å². The number of benzene rings is 3. The van der Waals surface area contributed by atoms with E-state index in [0.29, 0.717) is 22.6 Å². The van der Waals surface area contributed by atoms with E-state index in [2.05, 4.69) is 0 Å². The Balaban J connectivity index is 1.46. The maximum Gasteiger partial charge on any atom is 0.231 e. The summed E-state index contributed by atoms with van der Waals surface area (Å²) in [7, 11) is 0. The molecule has 0 saturated heterocycles. The fraction of sp³-hybridized carbons (Fsp3) is 0.0417. The molecule has 0 N–H and O–H groups in total. The predicted molar refractivity (Wildman–Crippen MR) is 106 cm³/mol. The Morgan fingerprint density at radius 2 is 1.75 bits per heavy atom. The number of Topliss-reactive ketones (excluding diaryl/α,β-unsaturated/α-hetero) is 1. The van der Waals surface area contributed by atoms with Gasteiger partial charge in [0.1, 0.15) is 23.9 Å². The SMILES string of the molecule is O=C1C(=CC=Cc2ccccc2)Oc2cc(OCc3ccccc3F)ccc21. The molecular formula is C24H17FO3. The van der Waals surface area contributed by atoms with Crippen LogP contribution in [0.25, 0.3) is 6.08 Å². The quantitative estimate of drug-likeness (QED) is 0.549. The Labute approximate surface area is 162 Å². The normalized spacial score (nSPS) is 14.3. The molecule has 0 fully saturated rings. The van der Waals surface area contributed by atoms with Gasteiger partial charge in [-0.2, -0.15) is 0 Å². The zero-order valence-corrected chi connectivity index (χ0v) is 15.0. The Hall–Kier alpha value is -3.66. The lowest BCUT2D eigenvalue weighted by Gasteiger charge is -2.08. The van der Waals surface area contributed by atoms with Gasteiger partial charge < -0.3 is 9.47 Å². The van der Waals surface area contributed by atoms with Gasteiger partial charge in [0.05, 0.1) is 5.56 Å². The van der Waals surface area contributed by atoms with Crippen LogP contribution in [0.1, 0.15) is 21.5 Å². The van der Waals surface area contributed by atoms with Gasteiger partial charge in [0.2, 0.25) is 5.78 Å². The largest absolute Gasteiger partial charge is 0.489 e. The second kappa shape index (κ2) is 7.92. The fourth-order valence-corrected chi connectivity index (χ4v) is 2.86. The smallest absolute Gasteiger partial charge is 0.231 e. The second-order valence-electron chi connectivity index (χ2n) is 6.27.